The van der Waals surface area contributed by atoms with E-state index in [0.717, 1.165) is 4.90 Å². The van der Waals surface area contributed by atoms with Gasteiger partial charge in [-0.15, -0.1) is 0 Å². The molecule has 0 aliphatic heterocycles. The van der Waals surface area contributed by atoms with Gasteiger partial charge < -0.3 is 21.1 Å². The van der Waals surface area contributed by atoms with Crippen molar-refractivity contribution in [2.75, 3.05) is 19.6 Å². The molecule has 0 aromatic heterocycles. The van der Waals surface area contributed by atoms with Crippen LogP contribution in [0, 0.1) is 0 Å². The number of hydrogen-bond donors (Lipinski definition) is 3. The van der Waals surface area contributed by atoms with Gasteiger partial charge in [0.25, 0.3) is 0 Å². The first-order valence-corrected chi connectivity index (χ1v) is 4.50. The molecule has 0 heterocycles. The third-order valence-corrected chi connectivity index (χ3v) is 1.52. The maximum Gasteiger partial charge on any atom is 0.323 e. The lowest BCUT2D eigenvalue weighted by molar-refractivity contribution is -0.137. The highest BCUT2D eigenvalue weighted by atomic mass is 16.4. The molecule has 0 aromatic carbocycles. The van der Waals surface area contributed by atoms with Crippen molar-refractivity contribution in [2.24, 2.45) is 5.73 Å². The quantitative estimate of drug-likeness (QED) is 0.528. The van der Waals surface area contributed by atoms with Gasteiger partial charge in [0, 0.05) is 6.54 Å². The summed E-state index contributed by atoms with van der Waals surface area (Å²) in [5.41, 5.74) is 4.83. The fourth-order valence-corrected chi connectivity index (χ4v) is 0.960. The van der Waals surface area contributed by atoms with Gasteiger partial charge in [0.2, 0.25) is 5.91 Å². The average Bonchev–Trinajstić information content (AvgIpc) is 2.12. The van der Waals surface area contributed by atoms with Gasteiger partial charge in [-0.2, -0.15) is 0 Å². The van der Waals surface area contributed by atoms with E-state index in [9.17, 15) is 14.4 Å². The minimum Gasteiger partial charge on any atom is -0.480 e. The first kappa shape index (κ1) is 13.2. The monoisotopic (exact) mass is 217 g/mol. The summed E-state index contributed by atoms with van der Waals surface area (Å²) in [6, 6.07) is -0.599. The van der Waals surface area contributed by atoms with Crippen molar-refractivity contribution < 1.29 is 19.5 Å². The van der Waals surface area contributed by atoms with E-state index in [2.05, 4.69) is 5.32 Å². The second kappa shape index (κ2) is 6.63. The molecule has 0 radical (unpaired) electrons. The Bertz CT molecular complexity index is 254. The van der Waals surface area contributed by atoms with Crippen LogP contribution in [-0.4, -0.2) is 47.5 Å². The Balaban J connectivity index is 4.15. The molecule has 0 aliphatic carbocycles. The summed E-state index contributed by atoms with van der Waals surface area (Å²) in [6.45, 7) is 1.45. The standard InChI is InChI=1S/C8H15N3O4/c1-2-3-11(5-7(13)14)8(15)10-4-6(9)12/h2-5H2,1H3,(H2,9,12)(H,10,15)(H,13,14). The molecule has 7 heteroatoms. The minimum absolute atomic E-state index is 0.293. The Morgan fingerprint density at radius 2 is 2.00 bits per heavy atom. The Labute approximate surface area is 87.2 Å². The van der Waals surface area contributed by atoms with E-state index in [1.54, 1.807) is 0 Å². The molecular weight excluding hydrogens is 202 g/mol. The molecule has 0 unspecified atom stereocenters. The molecule has 0 saturated heterocycles. The third kappa shape index (κ3) is 6.30. The molecule has 0 atom stereocenters. The maximum absolute atomic E-state index is 11.3. The van der Waals surface area contributed by atoms with Gasteiger partial charge in [-0.05, 0) is 6.42 Å². The van der Waals surface area contributed by atoms with E-state index < -0.39 is 24.5 Å². The zero-order valence-electron chi connectivity index (χ0n) is 8.52. The second-order valence-electron chi connectivity index (χ2n) is 2.94. The Hall–Kier alpha value is -1.79. The van der Waals surface area contributed by atoms with Gasteiger partial charge in [0.15, 0.2) is 0 Å². The van der Waals surface area contributed by atoms with E-state index in [1.807, 2.05) is 6.92 Å². The lowest BCUT2D eigenvalue weighted by Crippen LogP contribution is -2.45. The van der Waals surface area contributed by atoms with E-state index >= 15 is 0 Å². The van der Waals surface area contributed by atoms with Crippen LogP contribution in [0.25, 0.3) is 0 Å². The summed E-state index contributed by atoms with van der Waals surface area (Å²) in [5, 5.41) is 10.7. The summed E-state index contributed by atoms with van der Waals surface area (Å²) in [5.74, 6) is -1.77. The zero-order valence-corrected chi connectivity index (χ0v) is 8.52. The zero-order chi connectivity index (χ0) is 11.8. The smallest absolute Gasteiger partial charge is 0.323 e. The van der Waals surface area contributed by atoms with Crippen molar-refractivity contribution in [3.05, 3.63) is 0 Å². The molecule has 0 spiro atoms. The summed E-state index contributed by atoms with van der Waals surface area (Å²) in [6.07, 6.45) is 0.636. The molecule has 0 aliphatic rings. The van der Waals surface area contributed by atoms with Gasteiger partial charge in [-0.1, -0.05) is 6.92 Å². The highest BCUT2D eigenvalue weighted by molar-refractivity contribution is 5.84. The minimum atomic E-state index is -1.10. The van der Waals surface area contributed by atoms with Crippen LogP contribution in [0.2, 0.25) is 0 Å². The van der Waals surface area contributed by atoms with Crippen LogP contribution in [0.1, 0.15) is 13.3 Å². The van der Waals surface area contributed by atoms with Crippen LogP contribution < -0.4 is 11.1 Å². The number of carboxylic acid groups (broad SMARTS) is 1. The number of nitrogens with two attached hydrogens (primary N) is 1. The fraction of sp³-hybridized carbons (Fsp3) is 0.625. The summed E-state index contributed by atoms with van der Waals surface area (Å²) < 4.78 is 0. The number of carbonyl (C=O) groups is 3. The van der Waals surface area contributed by atoms with Crippen LogP contribution in [0.4, 0.5) is 4.79 Å². The van der Waals surface area contributed by atoms with Crippen LogP contribution in [-0.2, 0) is 9.59 Å². The van der Waals surface area contributed by atoms with E-state index in [1.165, 1.54) is 0 Å². The number of urea groups is 1. The number of carboxylic acids is 1. The lowest BCUT2D eigenvalue weighted by atomic mass is 10.4. The molecule has 3 amide bonds. The normalized spacial score (nSPS) is 9.40. The predicted molar refractivity (Wildman–Crippen MR) is 52.1 cm³/mol. The number of carbonyl (C=O) groups excluding carboxylic acids is 2. The highest BCUT2D eigenvalue weighted by Crippen LogP contribution is 1.92. The Morgan fingerprint density at radius 1 is 1.40 bits per heavy atom. The van der Waals surface area contributed by atoms with E-state index in [0.29, 0.717) is 13.0 Å². The molecule has 0 aromatic rings. The third-order valence-electron chi connectivity index (χ3n) is 1.52. The number of aliphatic carboxylic acids is 1. The van der Waals surface area contributed by atoms with Crippen molar-refractivity contribution in [3.63, 3.8) is 0 Å². The molecule has 0 rings (SSSR count). The van der Waals surface area contributed by atoms with E-state index in [-0.39, 0.29) is 6.54 Å². The van der Waals surface area contributed by atoms with Crippen molar-refractivity contribution in [1.82, 2.24) is 10.2 Å². The number of nitrogens with one attached hydrogen (secondary N) is 1. The number of rotatable bonds is 6. The first-order chi connectivity index (χ1) is 6.97. The van der Waals surface area contributed by atoms with Crippen molar-refractivity contribution >= 4 is 17.9 Å². The topological polar surface area (TPSA) is 113 Å². The Morgan fingerprint density at radius 3 is 2.40 bits per heavy atom. The molecule has 86 valence electrons. The Kier molecular flexibility index (Phi) is 5.84. The molecule has 0 saturated carbocycles. The summed E-state index contributed by atoms with van der Waals surface area (Å²) in [7, 11) is 0. The van der Waals surface area contributed by atoms with Gasteiger partial charge in [-0.3, -0.25) is 9.59 Å². The lowest BCUT2D eigenvalue weighted by Gasteiger charge is -2.19. The predicted octanol–water partition coefficient (Wildman–Crippen LogP) is -1.02. The molecule has 7 nitrogen and oxygen atoms in total. The molecular formula is C8H15N3O4. The summed E-state index contributed by atoms with van der Waals surface area (Å²) >= 11 is 0. The van der Waals surface area contributed by atoms with Crippen molar-refractivity contribution in [3.8, 4) is 0 Å². The van der Waals surface area contributed by atoms with Gasteiger partial charge in [-0.25, -0.2) is 4.79 Å². The van der Waals surface area contributed by atoms with Crippen LogP contribution >= 0.6 is 0 Å². The highest BCUT2D eigenvalue weighted by Gasteiger charge is 2.15. The number of hydrogen-bond acceptors (Lipinski definition) is 3. The first-order valence-electron chi connectivity index (χ1n) is 4.50. The van der Waals surface area contributed by atoms with Gasteiger partial charge in [0.05, 0.1) is 6.54 Å². The fourth-order valence-electron chi connectivity index (χ4n) is 0.960. The van der Waals surface area contributed by atoms with Gasteiger partial charge >= 0.3 is 12.0 Å². The number of nitrogens with zero attached hydrogens (tertiary/aromatic N) is 1. The van der Waals surface area contributed by atoms with Gasteiger partial charge in [0.1, 0.15) is 6.54 Å². The van der Waals surface area contributed by atoms with E-state index in [4.69, 9.17) is 10.8 Å². The van der Waals surface area contributed by atoms with Crippen LogP contribution in [0.5, 0.6) is 0 Å². The molecule has 0 fully saturated rings. The van der Waals surface area contributed by atoms with Crippen molar-refractivity contribution in [2.45, 2.75) is 13.3 Å². The largest absolute Gasteiger partial charge is 0.480 e. The van der Waals surface area contributed by atoms with Crippen LogP contribution in [0.3, 0.4) is 0 Å². The summed E-state index contributed by atoms with van der Waals surface area (Å²) in [4.78, 5) is 33.2. The van der Waals surface area contributed by atoms with Crippen LogP contribution in [0.15, 0.2) is 0 Å². The SMILES string of the molecule is CCCN(CC(=O)O)C(=O)NCC(N)=O. The van der Waals surface area contributed by atoms with Crippen molar-refractivity contribution in [1.29, 1.82) is 0 Å². The maximum atomic E-state index is 11.3. The number of primary amides is 1. The molecule has 15 heavy (non-hydrogen) atoms. The molecule has 4 N–H and O–H groups in total. The number of amides is 3. The second-order valence-corrected chi connectivity index (χ2v) is 2.94. The average molecular weight is 217 g/mol. The molecule has 0 bridgehead atoms.